The maximum atomic E-state index is 9.80. The van der Waals surface area contributed by atoms with Gasteiger partial charge in [-0.1, -0.05) is 163 Å². The van der Waals surface area contributed by atoms with Crippen LogP contribution < -0.4 is 0 Å². The van der Waals surface area contributed by atoms with Gasteiger partial charge in [-0.15, -0.1) is 0 Å². The highest BCUT2D eigenvalue weighted by Crippen LogP contribution is 2.47. The van der Waals surface area contributed by atoms with Gasteiger partial charge in [0.05, 0.1) is 24.7 Å². The average Bonchev–Trinajstić information content (AvgIpc) is 3.90. The third kappa shape index (κ3) is 4.40. The number of hydrogen-bond acceptors (Lipinski definition) is 1. The summed E-state index contributed by atoms with van der Waals surface area (Å²) in [5.41, 5.74) is 3.53. The second-order valence-corrected chi connectivity index (χ2v) is 14.1. The highest BCUT2D eigenvalue weighted by molar-refractivity contribution is 6.27. The lowest BCUT2D eigenvalue weighted by atomic mass is 9.85. The normalized spacial score (nSPS) is 16.6. The molecule has 0 aliphatic rings. The molecule has 0 fully saturated rings. The molecule has 0 bridgehead atoms. The molecule has 0 spiro atoms. The highest BCUT2D eigenvalue weighted by Gasteiger charge is 2.21. The van der Waals surface area contributed by atoms with Gasteiger partial charge in [0.25, 0.3) is 0 Å². The zero-order valence-electron chi connectivity index (χ0n) is 47.5. The number of para-hydroxylation sites is 1. The second kappa shape index (κ2) is 11.5. The first-order valence-electron chi connectivity index (χ1n) is 27.3. The van der Waals surface area contributed by atoms with Crippen LogP contribution in [0.5, 0.6) is 0 Å². The molecule has 1 nitrogen and oxygen atoms in total. The van der Waals surface area contributed by atoms with Crippen molar-refractivity contribution in [1.29, 1.82) is 0 Å². The fraction of sp³-hybridized carbons (Fsp3) is 0. The molecule has 0 amide bonds. The Hall–Kier alpha value is -7.48. The predicted molar refractivity (Wildman–Crippen MR) is 243 cm³/mol. The van der Waals surface area contributed by atoms with Gasteiger partial charge in [-0.2, -0.15) is 0 Å². The summed E-state index contributed by atoms with van der Waals surface area (Å²) in [6.07, 6.45) is 0. The summed E-state index contributed by atoms with van der Waals surface area (Å²) in [6.45, 7) is 0. The third-order valence-corrected chi connectivity index (χ3v) is 11.1. The Balaban J connectivity index is 1.26. The topological polar surface area (TPSA) is 13.1 Å². The summed E-state index contributed by atoms with van der Waals surface area (Å²) >= 11 is 0. The Kier molecular flexibility index (Phi) is 3.73. The van der Waals surface area contributed by atoms with Crippen LogP contribution in [-0.2, 0) is 0 Å². The quantitative estimate of drug-likeness (QED) is 0.164. The first-order chi connectivity index (χ1) is 35.8. The van der Waals surface area contributed by atoms with E-state index in [2.05, 4.69) is 0 Å². The Morgan fingerprint density at radius 1 is 0.316 bits per heavy atom. The Labute approximate surface area is 353 Å². The van der Waals surface area contributed by atoms with Crippen LogP contribution in [0.1, 0.15) is 24.7 Å². The van der Waals surface area contributed by atoms with Gasteiger partial charge in [-0.05, 0) is 134 Å². The minimum Gasteiger partial charge on any atom is -0.455 e. The summed E-state index contributed by atoms with van der Waals surface area (Å²) in [7, 11) is 0. The molecule has 1 aromatic heterocycles. The van der Waals surface area contributed by atoms with Crippen molar-refractivity contribution >= 4 is 86.6 Å². The summed E-state index contributed by atoms with van der Waals surface area (Å²) < 4.78 is 173. The molecule has 0 radical (unpaired) electrons. The fourth-order valence-electron chi connectivity index (χ4n) is 8.54. The molecule has 1 heterocycles. The Morgan fingerprint density at radius 2 is 0.772 bits per heavy atom. The van der Waals surface area contributed by atoms with Crippen LogP contribution in [0.3, 0.4) is 0 Å². The minimum absolute atomic E-state index is 0.0348. The molecular formula is C56H32O. The monoisotopic (exact) mass is 738 g/mol. The van der Waals surface area contributed by atoms with E-state index in [4.69, 9.17) is 15.4 Å². The maximum Gasteiger partial charge on any atom is 0.143 e. The van der Waals surface area contributed by atoms with E-state index in [1.54, 1.807) is 12.1 Å². The molecule has 0 aliphatic carbocycles. The van der Waals surface area contributed by atoms with Gasteiger partial charge in [-0.25, -0.2) is 0 Å². The van der Waals surface area contributed by atoms with Gasteiger partial charge in [0.1, 0.15) is 11.2 Å². The van der Waals surface area contributed by atoms with Crippen LogP contribution in [0.2, 0.25) is 0 Å². The molecular weight excluding hydrogens is 689 g/mol. The number of hydrogen-bond donors (Lipinski definition) is 0. The first kappa shape index (κ1) is 18.4. The van der Waals surface area contributed by atoms with Gasteiger partial charge >= 0.3 is 0 Å². The first-order valence-corrected chi connectivity index (χ1v) is 18.3. The molecule has 12 aromatic carbocycles. The van der Waals surface area contributed by atoms with Crippen molar-refractivity contribution in [2.75, 3.05) is 0 Å². The molecule has 0 unspecified atom stereocenters. The van der Waals surface area contributed by atoms with Crippen molar-refractivity contribution in [3.63, 3.8) is 0 Å². The summed E-state index contributed by atoms with van der Waals surface area (Å²) in [6, 6.07) is 15.6. The van der Waals surface area contributed by atoms with E-state index in [1.807, 2.05) is 66.7 Å². The van der Waals surface area contributed by atoms with E-state index in [0.29, 0.717) is 33.1 Å². The number of fused-ring (bicyclic) bond motifs is 3. The SMILES string of the molecule is [2H]c1c([2H])c2c([2H])c([2H])c3c([2H])c([2H])c(-c4cc(-c5c([2H])c([2H])c6c([2H])c([2H])c7c([2H])c([2H])c([2H])c8c([2H])c([2H])c5c6c78)cc(-c5ccc(-c6ccccc6)c6oc7ccccc7c56)c4)c4c([2H])c([2H])c(c1[2H])c2c34. The summed E-state index contributed by atoms with van der Waals surface area (Å²) in [5.74, 6) is 0. The molecule has 0 saturated carbocycles. The van der Waals surface area contributed by atoms with Crippen molar-refractivity contribution in [3.8, 4) is 44.5 Å². The standard InChI is InChI=1S/C56H32O/c1-2-8-33(9-3-1)46-29-28-45(55-49-14-4-5-15-50(49)57-56(46)55)42-31-40(43-24-20-38-18-16-34-10-6-12-36-22-26-47(43)53(38)51(34)36)30-41(32-42)44-25-21-39-19-17-35-11-7-13-37-23-27-48(44)54(39)52(35)37/h1-32H/i6D,7D,10D,11D,12D,13D,16D,17D,18D,19D,20D,21D,22D,23D,24D,25D,26D,27D. The molecule has 0 aliphatic heterocycles. The molecule has 13 aromatic rings. The molecule has 57 heavy (non-hydrogen) atoms. The lowest BCUT2D eigenvalue weighted by Crippen LogP contribution is -1.91. The molecule has 262 valence electrons. The van der Waals surface area contributed by atoms with Crippen LogP contribution in [0.4, 0.5) is 0 Å². The van der Waals surface area contributed by atoms with Crippen LogP contribution >= 0.6 is 0 Å². The van der Waals surface area contributed by atoms with E-state index in [-0.39, 0.29) is 86.9 Å². The van der Waals surface area contributed by atoms with Crippen molar-refractivity contribution in [1.82, 2.24) is 0 Å². The van der Waals surface area contributed by atoms with Crippen LogP contribution in [0.15, 0.2) is 198 Å². The molecule has 0 atom stereocenters. The molecule has 13 rings (SSSR count). The van der Waals surface area contributed by atoms with Crippen LogP contribution in [0, 0.1) is 0 Å². The molecule has 0 N–H and O–H groups in total. The van der Waals surface area contributed by atoms with Gasteiger partial charge in [0.15, 0.2) is 0 Å². The average molecular weight is 739 g/mol. The van der Waals surface area contributed by atoms with Crippen LogP contribution in [0.25, 0.3) is 131 Å². The zero-order valence-corrected chi connectivity index (χ0v) is 29.5. The summed E-state index contributed by atoms with van der Waals surface area (Å²) in [4.78, 5) is 0. The van der Waals surface area contributed by atoms with Gasteiger partial charge in [0, 0.05) is 16.3 Å². The van der Waals surface area contributed by atoms with E-state index < -0.39 is 109 Å². The Morgan fingerprint density at radius 3 is 1.35 bits per heavy atom. The predicted octanol–water partition coefficient (Wildman–Crippen LogP) is 16.0. The lowest BCUT2D eigenvalue weighted by Gasteiger charge is -2.18. The number of rotatable bonds is 4. The Bertz CT molecular complexity index is 4530. The number of furan rings is 1. The van der Waals surface area contributed by atoms with Gasteiger partial charge in [0.2, 0.25) is 0 Å². The summed E-state index contributed by atoms with van der Waals surface area (Å²) in [5, 5.41) is -0.470. The largest absolute Gasteiger partial charge is 0.455 e. The highest BCUT2D eigenvalue weighted by atomic mass is 16.3. The second-order valence-electron chi connectivity index (χ2n) is 14.1. The zero-order chi connectivity index (χ0) is 52.9. The fourth-order valence-corrected chi connectivity index (χ4v) is 8.54. The van der Waals surface area contributed by atoms with Gasteiger partial charge < -0.3 is 4.42 Å². The smallest absolute Gasteiger partial charge is 0.143 e. The van der Waals surface area contributed by atoms with E-state index in [9.17, 15) is 13.7 Å². The molecule has 1 heteroatoms. The van der Waals surface area contributed by atoms with Gasteiger partial charge in [-0.3, -0.25) is 0 Å². The minimum atomic E-state index is -0.615. The van der Waals surface area contributed by atoms with Crippen molar-refractivity contribution in [2.45, 2.75) is 0 Å². The number of benzene rings is 12. The van der Waals surface area contributed by atoms with E-state index in [1.165, 1.54) is 6.07 Å². The van der Waals surface area contributed by atoms with E-state index >= 15 is 0 Å². The third-order valence-electron chi connectivity index (χ3n) is 11.1. The van der Waals surface area contributed by atoms with Crippen molar-refractivity contribution in [3.05, 3.63) is 194 Å². The van der Waals surface area contributed by atoms with E-state index in [0.717, 1.165) is 11.1 Å². The maximum absolute atomic E-state index is 9.80. The van der Waals surface area contributed by atoms with Crippen molar-refractivity contribution in [2.24, 2.45) is 0 Å². The van der Waals surface area contributed by atoms with Crippen molar-refractivity contribution < 1.29 is 29.1 Å². The lowest BCUT2D eigenvalue weighted by molar-refractivity contribution is 0.670. The van der Waals surface area contributed by atoms with Crippen LogP contribution in [-0.4, -0.2) is 0 Å². The molecule has 0 saturated heterocycles.